The number of hydrogen-bond acceptors (Lipinski definition) is 3. The Kier molecular flexibility index (Phi) is 5.43. The van der Waals surface area contributed by atoms with Crippen molar-refractivity contribution in [2.75, 3.05) is 20.1 Å². The van der Waals surface area contributed by atoms with Gasteiger partial charge < -0.3 is 10.2 Å². The molecule has 1 aliphatic rings. The third-order valence-corrected chi connectivity index (χ3v) is 5.40. The molecule has 1 aromatic rings. The second kappa shape index (κ2) is 6.92. The van der Waals surface area contributed by atoms with Gasteiger partial charge in [-0.15, -0.1) is 0 Å². The molecule has 0 aromatic carbocycles. The lowest BCUT2D eigenvalue weighted by molar-refractivity contribution is -0.126. The topological polar surface area (TPSA) is 50.2 Å². The van der Waals surface area contributed by atoms with Gasteiger partial charge in [-0.2, -0.15) is 5.10 Å². The average molecular weight is 357 g/mol. The fourth-order valence-electron chi connectivity index (χ4n) is 2.69. The summed E-state index contributed by atoms with van der Waals surface area (Å²) in [5.41, 5.74) is 2.04. The molecule has 0 saturated carbocycles. The van der Waals surface area contributed by atoms with Crippen molar-refractivity contribution < 1.29 is 4.79 Å². The van der Waals surface area contributed by atoms with Gasteiger partial charge in [0.1, 0.15) is 0 Å². The third kappa shape index (κ3) is 4.07. The predicted molar refractivity (Wildman–Crippen MR) is 87.2 cm³/mol. The highest BCUT2D eigenvalue weighted by molar-refractivity contribution is 9.10. The molecule has 0 aliphatic carbocycles. The predicted octanol–water partition coefficient (Wildman–Crippen LogP) is 2.11. The monoisotopic (exact) mass is 356 g/mol. The maximum Gasteiger partial charge on any atom is 0.224 e. The Morgan fingerprint density at radius 2 is 2.05 bits per heavy atom. The summed E-state index contributed by atoms with van der Waals surface area (Å²) in [6, 6.07) is 0.323. The van der Waals surface area contributed by atoms with E-state index < -0.39 is 0 Å². The van der Waals surface area contributed by atoms with Gasteiger partial charge in [-0.25, -0.2) is 0 Å². The zero-order valence-electron chi connectivity index (χ0n) is 13.3. The van der Waals surface area contributed by atoms with Gasteiger partial charge in [-0.1, -0.05) is 6.92 Å². The molecule has 0 radical (unpaired) electrons. The van der Waals surface area contributed by atoms with Gasteiger partial charge in [0.15, 0.2) is 0 Å². The van der Waals surface area contributed by atoms with Crippen LogP contribution in [0.25, 0.3) is 0 Å². The van der Waals surface area contributed by atoms with Crippen LogP contribution < -0.4 is 5.32 Å². The molecular weight excluding hydrogens is 332 g/mol. The number of hydrogen-bond donors (Lipinski definition) is 1. The number of amides is 1. The summed E-state index contributed by atoms with van der Waals surface area (Å²) >= 11 is 3.52. The van der Waals surface area contributed by atoms with Crippen LogP contribution in [0.15, 0.2) is 4.47 Å². The Balaban J connectivity index is 1.89. The first-order valence-corrected chi connectivity index (χ1v) is 8.36. The van der Waals surface area contributed by atoms with Crippen LogP contribution in [0.1, 0.15) is 31.2 Å². The van der Waals surface area contributed by atoms with Gasteiger partial charge in [0.2, 0.25) is 5.91 Å². The van der Waals surface area contributed by atoms with Crippen LogP contribution in [0.4, 0.5) is 0 Å². The van der Waals surface area contributed by atoms with Gasteiger partial charge >= 0.3 is 0 Å². The Morgan fingerprint density at radius 1 is 1.43 bits per heavy atom. The number of carbonyl (C=O) groups excluding carboxylic acids is 1. The first-order chi connectivity index (χ1) is 9.88. The number of nitrogens with one attached hydrogen (secondary N) is 1. The number of piperidine rings is 1. The fourth-order valence-corrected chi connectivity index (χ4v) is 2.98. The van der Waals surface area contributed by atoms with E-state index in [1.54, 1.807) is 0 Å². The van der Waals surface area contributed by atoms with Crippen molar-refractivity contribution in [3.63, 3.8) is 0 Å². The van der Waals surface area contributed by atoms with Crippen LogP contribution in [0.3, 0.4) is 0 Å². The Morgan fingerprint density at radius 3 is 2.57 bits per heavy atom. The summed E-state index contributed by atoms with van der Waals surface area (Å²) in [6.45, 7) is 8.70. The minimum atomic E-state index is -0.0745. The van der Waals surface area contributed by atoms with Crippen LogP contribution in [0, 0.1) is 19.8 Å². The normalized spacial score (nSPS) is 18.7. The lowest BCUT2D eigenvalue weighted by Gasteiger charge is -2.30. The molecule has 21 heavy (non-hydrogen) atoms. The first-order valence-electron chi connectivity index (χ1n) is 7.57. The van der Waals surface area contributed by atoms with Crippen molar-refractivity contribution in [2.45, 2.75) is 46.2 Å². The molecular formula is C15H25BrN4O. The molecule has 0 spiro atoms. The summed E-state index contributed by atoms with van der Waals surface area (Å²) in [6.07, 6.45) is 2.08. The Labute approximate surface area is 135 Å². The lowest BCUT2D eigenvalue weighted by Crippen LogP contribution is -2.45. The van der Waals surface area contributed by atoms with Crippen LogP contribution in [-0.2, 0) is 11.3 Å². The van der Waals surface area contributed by atoms with Gasteiger partial charge in [0.25, 0.3) is 0 Å². The molecule has 1 N–H and O–H groups in total. The van der Waals surface area contributed by atoms with E-state index in [2.05, 4.69) is 38.3 Å². The summed E-state index contributed by atoms with van der Waals surface area (Å²) in [4.78, 5) is 14.6. The van der Waals surface area contributed by atoms with Crippen molar-refractivity contribution in [2.24, 2.45) is 5.92 Å². The van der Waals surface area contributed by atoms with Gasteiger partial charge in [0, 0.05) is 11.7 Å². The van der Waals surface area contributed by atoms with E-state index in [0.29, 0.717) is 12.6 Å². The van der Waals surface area contributed by atoms with Gasteiger partial charge in [-0.3, -0.25) is 9.48 Å². The lowest BCUT2D eigenvalue weighted by atomic mass is 10.0. The number of aromatic nitrogens is 2. The molecule has 2 rings (SSSR count). The standard InChI is InChI=1S/C15H25BrN4O/c1-10(9-20-12(3)14(16)11(2)18-20)15(21)17-13-5-7-19(4)8-6-13/h10,13H,5-9H2,1-4H3,(H,17,21). The maximum atomic E-state index is 12.3. The number of nitrogens with zero attached hydrogens (tertiary/aromatic N) is 3. The molecule has 1 aliphatic heterocycles. The molecule has 1 saturated heterocycles. The molecule has 5 nitrogen and oxygen atoms in total. The number of halogens is 1. The van der Waals surface area contributed by atoms with E-state index in [1.807, 2.05) is 25.5 Å². The van der Waals surface area contributed by atoms with Crippen LogP contribution >= 0.6 is 15.9 Å². The Bertz CT molecular complexity index is 506. The average Bonchev–Trinajstić information content (AvgIpc) is 2.69. The second-order valence-corrected chi connectivity index (χ2v) is 6.95. The molecule has 1 atom stereocenters. The highest BCUT2D eigenvalue weighted by atomic mass is 79.9. The van der Waals surface area contributed by atoms with Crippen molar-refractivity contribution in [1.82, 2.24) is 20.0 Å². The van der Waals surface area contributed by atoms with E-state index in [4.69, 9.17) is 0 Å². The van der Waals surface area contributed by atoms with Crippen molar-refractivity contribution in [3.8, 4) is 0 Å². The number of likely N-dealkylation sites (tertiary alicyclic amines) is 1. The molecule has 118 valence electrons. The number of rotatable bonds is 4. The van der Waals surface area contributed by atoms with Crippen LogP contribution in [-0.4, -0.2) is 46.8 Å². The summed E-state index contributed by atoms with van der Waals surface area (Å²) in [5, 5.41) is 7.65. The molecule has 2 heterocycles. The number of aryl methyl sites for hydroxylation is 1. The quantitative estimate of drug-likeness (QED) is 0.898. The van der Waals surface area contributed by atoms with Gasteiger partial charge in [-0.05, 0) is 62.8 Å². The summed E-state index contributed by atoms with van der Waals surface area (Å²) < 4.78 is 2.95. The van der Waals surface area contributed by atoms with Gasteiger partial charge in [0.05, 0.1) is 22.6 Å². The highest BCUT2D eigenvalue weighted by Crippen LogP contribution is 2.20. The van der Waals surface area contributed by atoms with E-state index >= 15 is 0 Å². The maximum absolute atomic E-state index is 12.3. The summed E-state index contributed by atoms with van der Waals surface area (Å²) in [5.74, 6) is 0.0581. The zero-order valence-corrected chi connectivity index (χ0v) is 14.9. The molecule has 6 heteroatoms. The SMILES string of the molecule is Cc1nn(CC(C)C(=O)NC2CCN(C)CC2)c(C)c1Br. The Hall–Kier alpha value is -0.880. The fraction of sp³-hybridized carbons (Fsp3) is 0.733. The first kappa shape index (κ1) is 16.5. The van der Waals surface area contributed by atoms with Crippen molar-refractivity contribution in [1.29, 1.82) is 0 Å². The van der Waals surface area contributed by atoms with E-state index in [0.717, 1.165) is 41.8 Å². The zero-order chi connectivity index (χ0) is 15.6. The minimum Gasteiger partial charge on any atom is -0.353 e. The molecule has 0 bridgehead atoms. The molecule has 1 unspecified atom stereocenters. The largest absolute Gasteiger partial charge is 0.353 e. The molecule has 1 aromatic heterocycles. The van der Waals surface area contributed by atoms with E-state index in [1.165, 1.54) is 0 Å². The highest BCUT2D eigenvalue weighted by Gasteiger charge is 2.22. The van der Waals surface area contributed by atoms with Crippen LogP contribution in [0.2, 0.25) is 0 Å². The smallest absolute Gasteiger partial charge is 0.224 e. The number of carbonyl (C=O) groups is 1. The van der Waals surface area contributed by atoms with Crippen molar-refractivity contribution >= 4 is 21.8 Å². The molecule has 1 amide bonds. The second-order valence-electron chi connectivity index (χ2n) is 6.15. The minimum absolute atomic E-state index is 0.0745. The third-order valence-electron chi connectivity index (χ3n) is 4.25. The van der Waals surface area contributed by atoms with E-state index in [9.17, 15) is 4.79 Å². The molecule has 1 fully saturated rings. The summed E-state index contributed by atoms with van der Waals surface area (Å²) in [7, 11) is 2.13. The van der Waals surface area contributed by atoms with E-state index in [-0.39, 0.29) is 11.8 Å². The van der Waals surface area contributed by atoms with Crippen molar-refractivity contribution in [3.05, 3.63) is 15.9 Å². The van der Waals surface area contributed by atoms with Crippen LogP contribution in [0.5, 0.6) is 0 Å².